The van der Waals surface area contributed by atoms with Crippen molar-refractivity contribution in [2.24, 2.45) is 0 Å². The number of benzene rings is 3. The highest BCUT2D eigenvalue weighted by molar-refractivity contribution is 7.93. The van der Waals surface area contributed by atoms with Crippen molar-refractivity contribution in [3.63, 3.8) is 0 Å². The van der Waals surface area contributed by atoms with Crippen LogP contribution in [-0.4, -0.2) is 33.3 Å². The van der Waals surface area contributed by atoms with Crippen LogP contribution < -0.4 is 4.31 Å². The first-order valence-corrected chi connectivity index (χ1v) is 12.8. The summed E-state index contributed by atoms with van der Waals surface area (Å²) in [6.45, 7) is -0.554. The molecule has 4 rings (SSSR count). The molecule has 0 bridgehead atoms. The lowest BCUT2D eigenvalue weighted by atomic mass is 10.1. The lowest BCUT2D eigenvalue weighted by molar-refractivity contribution is -0.140. The van der Waals surface area contributed by atoms with Crippen LogP contribution in [0, 0.1) is 5.82 Å². The van der Waals surface area contributed by atoms with Crippen molar-refractivity contribution in [3.05, 3.63) is 95.3 Å². The Labute approximate surface area is 209 Å². The Hall–Kier alpha value is -3.44. The summed E-state index contributed by atoms with van der Waals surface area (Å²) in [6.07, 6.45) is -4.97. The van der Waals surface area contributed by atoms with Gasteiger partial charge in [-0.25, -0.2) is 12.8 Å². The van der Waals surface area contributed by atoms with Crippen molar-refractivity contribution in [3.8, 4) is 0 Å². The number of hydrogen-bond donors (Lipinski definition) is 0. The van der Waals surface area contributed by atoms with Crippen molar-refractivity contribution >= 4 is 42.4 Å². The molecule has 0 spiro atoms. The van der Waals surface area contributed by atoms with E-state index in [2.05, 4.69) is 0 Å². The predicted molar refractivity (Wildman–Crippen MR) is 131 cm³/mol. The number of carbonyl (C=O) groups excluding carboxylic acids is 1. The van der Waals surface area contributed by atoms with Crippen molar-refractivity contribution < 1.29 is 30.8 Å². The van der Waals surface area contributed by atoms with Gasteiger partial charge in [0, 0.05) is 24.2 Å². The maximum Gasteiger partial charge on any atom is 0.419 e. The van der Waals surface area contributed by atoms with Crippen LogP contribution in [0.25, 0.3) is 10.1 Å². The maximum atomic E-state index is 13.9. The van der Waals surface area contributed by atoms with Crippen LogP contribution in [0.15, 0.2) is 77.7 Å². The summed E-state index contributed by atoms with van der Waals surface area (Å²) in [5, 5.41) is 0.566. The minimum absolute atomic E-state index is 0.0524. The first-order chi connectivity index (χ1) is 16.9. The van der Waals surface area contributed by atoms with E-state index in [1.807, 2.05) is 0 Å². The largest absolute Gasteiger partial charge is 0.419 e. The summed E-state index contributed by atoms with van der Waals surface area (Å²) in [6, 6.07) is 16.5. The zero-order chi connectivity index (χ0) is 26.3. The highest BCUT2D eigenvalue weighted by Gasteiger charge is 2.36. The third kappa shape index (κ3) is 4.80. The average Bonchev–Trinajstić information content (AvgIpc) is 3.21. The molecule has 5 nitrogen and oxygen atoms in total. The number of sulfonamides is 1. The van der Waals surface area contributed by atoms with Gasteiger partial charge in [-0.1, -0.05) is 42.5 Å². The Bertz CT molecular complexity index is 1530. The minimum atomic E-state index is -4.97. The SMILES string of the molecule is CN(C)C(=O)c1c(N(Cc2ccc(F)c(C(F)(F)F)c2)S(=O)(=O)c2ccccc2)sc2ccccc12. The number of carbonyl (C=O) groups is 1. The van der Waals surface area contributed by atoms with E-state index in [9.17, 15) is 30.8 Å². The number of halogens is 4. The number of anilines is 1. The monoisotopic (exact) mass is 536 g/mol. The van der Waals surface area contributed by atoms with Gasteiger partial charge in [-0.2, -0.15) is 13.2 Å². The highest BCUT2D eigenvalue weighted by atomic mass is 32.2. The van der Waals surface area contributed by atoms with Crippen molar-refractivity contribution in [2.75, 3.05) is 18.4 Å². The van der Waals surface area contributed by atoms with Crippen LogP contribution >= 0.6 is 11.3 Å². The lowest BCUT2D eigenvalue weighted by Gasteiger charge is -2.25. The quantitative estimate of drug-likeness (QED) is 0.278. The van der Waals surface area contributed by atoms with Crippen LogP contribution in [0.3, 0.4) is 0 Å². The van der Waals surface area contributed by atoms with Crippen LogP contribution in [0.5, 0.6) is 0 Å². The first kappa shape index (κ1) is 25.6. The molecular formula is C25H20F4N2O3S2. The van der Waals surface area contributed by atoms with Gasteiger partial charge in [-0.05, 0) is 35.9 Å². The van der Waals surface area contributed by atoms with Crippen LogP contribution in [-0.2, 0) is 22.7 Å². The summed E-state index contributed by atoms with van der Waals surface area (Å²) < 4.78 is 83.2. The molecule has 0 aliphatic rings. The summed E-state index contributed by atoms with van der Waals surface area (Å²) in [4.78, 5) is 14.4. The van der Waals surface area contributed by atoms with E-state index in [0.717, 1.165) is 21.7 Å². The zero-order valence-corrected chi connectivity index (χ0v) is 20.7. The van der Waals surface area contributed by atoms with Crippen molar-refractivity contribution in [1.82, 2.24) is 4.90 Å². The molecule has 1 aromatic heterocycles. The number of hydrogen-bond acceptors (Lipinski definition) is 4. The fraction of sp³-hybridized carbons (Fsp3) is 0.160. The number of amides is 1. The molecule has 1 heterocycles. The number of thiophene rings is 1. The van der Waals surface area contributed by atoms with Gasteiger partial charge < -0.3 is 4.90 Å². The van der Waals surface area contributed by atoms with Gasteiger partial charge in [0.15, 0.2) is 0 Å². The third-order valence-electron chi connectivity index (χ3n) is 5.42. The summed E-state index contributed by atoms with van der Waals surface area (Å²) in [7, 11) is -1.31. The van der Waals surface area contributed by atoms with E-state index in [1.165, 1.54) is 43.3 Å². The topological polar surface area (TPSA) is 57.7 Å². The van der Waals surface area contributed by atoms with Crippen LogP contribution in [0.1, 0.15) is 21.5 Å². The Morgan fingerprint density at radius 1 is 0.944 bits per heavy atom. The van der Waals surface area contributed by atoms with Crippen molar-refractivity contribution in [2.45, 2.75) is 17.6 Å². The Balaban J connectivity index is 1.97. The predicted octanol–water partition coefficient (Wildman–Crippen LogP) is 6.16. The Morgan fingerprint density at radius 3 is 2.22 bits per heavy atom. The van der Waals surface area contributed by atoms with Gasteiger partial charge >= 0.3 is 6.18 Å². The van der Waals surface area contributed by atoms with E-state index >= 15 is 0 Å². The molecule has 0 radical (unpaired) electrons. The smallest absolute Gasteiger partial charge is 0.345 e. The second kappa shape index (κ2) is 9.55. The molecule has 0 aliphatic carbocycles. The van der Waals surface area contributed by atoms with Gasteiger partial charge in [-0.3, -0.25) is 9.10 Å². The van der Waals surface area contributed by atoms with Gasteiger partial charge in [0.25, 0.3) is 15.9 Å². The van der Waals surface area contributed by atoms with Gasteiger partial charge in [-0.15, -0.1) is 11.3 Å². The molecule has 0 N–H and O–H groups in total. The fourth-order valence-corrected chi connectivity index (χ4v) is 6.57. The number of nitrogens with zero attached hydrogens (tertiary/aromatic N) is 2. The van der Waals surface area contributed by atoms with E-state index in [0.29, 0.717) is 22.2 Å². The summed E-state index contributed by atoms with van der Waals surface area (Å²) in [5.74, 6) is -1.93. The third-order valence-corrected chi connectivity index (χ3v) is 8.49. The molecule has 0 fully saturated rings. The molecule has 188 valence electrons. The normalized spacial score (nSPS) is 12.1. The minimum Gasteiger partial charge on any atom is -0.345 e. The van der Waals surface area contributed by atoms with E-state index in [-0.39, 0.29) is 21.0 Å². The molecule has 0 atom stereocenters. The number of alkyl halides is 3. The molecule has 4 aromatic rings. The zero-order valence-electron chi connectivity index (χ0n) is 19.1. The maximum absolute atomic E-state index is 13.9. The number of fused-ring (bicyclic) bond motifs is 1. The fourth-order valence-electron chi connectivity index (χ4n) is 3.68. The highest BCUT2D eigenvalue weighted by Crippen LogP contribution is 2.42. The summed E-state index contributed by atoms with van der Waals surface area (Å²) >= 11 is 1.03. The molecule has 0 unspecified atom stereocenters. The second-order valence-corrected chi connectivity index (χ2v) is 11.0. The standard InChI is InChI=1S/C25H20F4N2O3S2/c1-30(2)23(32)22-18-10-6-7-11-21(18)35-24(22)31(36(33,34)17-8-4-3-5-9-17)15-16-12-13-20(26)19(14-16)25(27,28)29/h3-14H,15H2,1-2H3. The van der Waals surface area contributed by atoms with Crippen molar-refractivity contribution in [1.29, 1.82) is 0 Å². The van der Waals surface area contributed by atoms with Gasteiger partial charge in [0.2, 0.25) is 0 Å². The van der Waals surface area contributed by atoms with E-state index < -0.39 is 40.0 Å². The average molecular weight is 537 g/mol. The van der Waals surface area contributed by atoms with E-state index in [4.69, 9.17) is 0 Å². The molecule has 0 saturated carbocycles. The van der Waals surface area contributed by atoms with Crippen LogP contribution in [0.4, 0.5) is 22.6 Å². The molecule has 1 amide bonds. The number of rotatable bonds is 6. The molecule has 3 aromatic carbocycles. The van der Waals surface area contributed by atoms with E-state index in [1.54, 1.807) is 30.3 Å². The molecular weight excluding hydrogens is 516 g/mol. The Kier molecular flexibility index (Phi) is 6.80. The molecule has 36 heavy (non-hydrogen) atoms. The summed E-state index contributed by atoms with van der Waals surface area (Å²) in [5.41, 5.74) is -1.49. The molecule has 11 heteroatoms. The van der Waals surface area contributed by atoms with Crippen LogP contribution in [0.2, 0.25) is 0 Å². The Morgan fingerprint density at radius 2 is 1.58 bits per heavy atom. The lowest BCUT2D eigenvalue weighted by Crippen LogP contribution is -2.32. The first-order valence-electron chi connectivity index (χ1n) is 10.6. The molecule has 0 saturated heterocycles. The van der Waals surface area contributed by atoms with Gasteiger partial charge in [0.1, 0.15) is 10.8 Å². The van der Waals surface area contributed by atoms with Gasteiger partial charge in [0.05, 0.1) is 22.6 Å². The molecule has 0 aliphatic heterocycles. The second-order valence-electron chi connectivity index (χ2n) is 8.11.